The summed E-state index contributed by atoms with van der Waals surface area (Å²) in [5.74, 6) is 0.252. The topological polar surface area (TPSA) is 94.5 Å². The molecule has 1 aliphatic heterocycles. The molecule has 0 fully saturated rings. The Kier molecular flexibility index (Phi) is 8.67. The monoisotopic (exact) mass is 553 g/mol. The molecule has 1 aliphatic rings. The summed E-state index contributed by atoms with van der Waals surface area (Å²) < 4.78 is 23.0. The number of fused-ring (bicyclic) bond motifs is 1. The summed E-state index contributed by atoms with van der Waals surface area (Å²) in [7, 11) is 4.70. The normalized spacial score (nSPS) is 17.0. The van der Waals surface area contributed by atoms with Crippen LogP contribution in [-0.4, -0.2) is 44.4 Å². The maximum Gasteiger partial charge on any atom is 0.306 e. The van der Waals surface area contributed by atoms with Gasteiger partial charge < -0.3 is 29.0 Å². The number of nitrogens with zero attached hydrogens (tertiary/aromatic N) is 1. The highest BCUT2D eigenvalue weighted by Gasteiger charge is 2.39. The van der Waals surface area contributed by atoms with E-state index in [-0.39, 0.29) is 12.5 Å². The Bertz CT molecular complexity index is 1370. The van der Waals surface area contributed by atoms with Crippen molar-refractivity contribution in [3.8, 4) is 17.2 Å². The largest absolute Gasteiger partial charge is 0.497 e. The molecule has 0 saturated carbocycles. The molecule has 2 unspecified atom stereocenters. The molecule has 206 valence electrons. The van der Waals surface area contributed by atoms with E-state index in [1.807, 2.05) is 38.1 Å². The quantitative estimate of drug-likeness (QED) is 0.348. The standard InChI is InChI=1S/C30H32ClNO7/c1-17(2)28-21(7-6-8-24(28)37-4)29-22-13-19(31)10-12-23(22)32(30(35)26(39-29)15-27(33)34)16-18-9-11-20(36-3)14-25(18)38-5/h6-14,17,26,29H,15-16H2,1-5H3,(H,33,34). The summed E-state index contributed by atoms with van der Waals surface area (Å²) in [6.45, 7) is 4.19. The second-order valence-electron chi connectivity index (χ2n) is 9.53. The molecule has 0 radical (unpaired) electrons. The van der Waals surface area contributed by atoms with Crippen molar-refractivity contribution in [3.05, 3.63) is 81.9 Å². The number of carbonyl (C=O) groups excluding carboxylic acids is 1. The number of carboxylic acid groups (broad SMARTS) is 1. The summed E-state index contributed by atoms with van der Waals surface area (Å²) in [5, 5.41) is 10.2. The van der Waals surface area contributed by atoms with Crippen molar-refractivity contribution < 1.29 is 33.6 Å². The van der Waals surface area contributed by atoms with Crippen molar-refractivity contribution in [2.75, 3.05) is 26.2 Å². The third kappa shape index (κ3) is 5.82. The number of halogens is 1. The molecule has 0 aromatic heterocycles. The number of anilines is 1. The van der Waals surface area contributed by atoms with Gasteiger partial charge in [-0.25, -0.2) is 0 Å². The third-order valence-electron chi connectivity index (χ3n) is 6.77. The van der Waals surface area contributed by atoms with E-state index in [1.54, 1.807) is 56.6 Å². The van der Waals surface area contributed by atoms with E-state index in [4.69, 9.17) is 30.5 Å². The number of hydrogen-bond donors (Lipinski definition) is 1. The van der Waals surface area contributed by atoms with E-state index < -0.39 is 30.5 Å². The van der Waals surface area contributed by atoms with Crippen LogP contribution in [0.15, 0.2) is 54.6 Å². The van der Waals surface area contributed by atoms with Gasteiger partial charge in [0, 0.05) is 27.8 Å². The van der Waals surface area contributed by atoms with Crippen molar-refractivity contribution in [1.29, 1.82) is 0 Å². The number of methoxy groups -OCH3 is 3. The summed E-state index contributed by atoms with van der Waals surface area (Å²) in [6, 6.07) is 16.2. The number of amides is 1. The van der Waals surface area contributed by atoms with Gasteiger partial charge in [0.25, 0.3) is 5.91 Å². The summed E-state index contributed by atoms with van der Waals surface area (Å²) in [4.78, 5) is 27.4. The van der Waals surface area contributed by atoms with Crippen molar-refractivity contribution in [2.24, 2.45) is 0 Å². The van der Waals surface area contributed by atoms with E-state index in [1.165, 1.54) is 0 Å². The Balaban J connectivity index is 1.93. The minimum atomic E-state index is -1.26. The Morgan fingerprint density at radius 2 is 1.74 bits per heavy atom. The van der Waals surface area contributed by atoms with Crippen LogP contribution in [0.2, 0.25) is 5.02 Å². The van der Waals surface area contributed by atoms with Crippen LogP contribution < -0.4 is 19.1 Å². The Hall–Kier alpha value is -3.75. The lowest BCUT2D eigenvalue weighted by atomic mass is 9.89. The Morgan fingerprint density at radius 3 is 2.38 bits per heavy atom. The van der Waals surface area contributed by atoms with E-state index in [0.29, 0.717) is 39.1 Å². The number of carbonyl (C=O) groups is 2. The van der Waals surface area contributed by atoms with Crippen molar-refractivity contribution in [1.82, 2.24) is 0 Å². The lowest BCUT2D eigenvalue weighted by Gasteiger charge is -2.26. The molecule has 8 nitrogen and oxygen atoms in total. The van der Waals surface area contributed by atoms with Gasteiger partial charge in [-0.15, -0.1) is 0 Å². The number of aliphatic carboxylic acids is 1. The molecule has 4 rings (SSSR count). The first-order chi connectivity index (χ1) is 18.7. The first-order valence-corrected chi connectivity index (χ1v) is 12.9. The zero-order valence-electron chi connectivity index (χ0n) is 22.6. The Labute approximate surface area is 233 Å². The number of rotatable bonds is 9. The van der Waals surface area contributed by atoms with Crippen LogP contribution >= 0.6 is 11.6 Å². The average Bonchev–Trinajstić information content (AvgIpc) is 3.02. The number of carboxylic acids is 1. The van der Waals surface area contributed by atoms with Crippen molar-refractivity contribution in [2.45, 2.75) is 44.9 Å². The number of hydrogen-bond acceptors (Lipinski definition) is 6. The van der Waals surface area contributed by atoms with Crippen molar-refractivity contribution >= 4 is 29.2 Å². The maximum atomic E-state index is 14.0. The van der Waals surface area contributed by atoms with Crippen LogP contribution in [-0.2, 0) is 20.9 Å². The van der Waals surface area contributed by atoms with Crippen LogP contribution in [0.3, 0.4) is 0 Å². The van der Waals surface area contributed by atoms with Gasteiger partial charge in [-0.05, 0) is 47.9 Å². The van der Waals surface area contributed by atoms with Crippen LogP contribution in [0, 0.1) is 0 Å². The van der Waals surface area contributed by atoms with Crippen LogP contribution in [0.1, 0.15) is 54.5 Å². The number of benzene rings is 3. The molecule has 3 aromatic rings. The van der Waals surface area contributed by atoms with Gasteiger partial charge in [-0.3, -0.25) is 9.59 Å². The predicted octanol–water partition coefficient (Wildman–Crippen LogP) is 5.99. The molecule has 1 amide bonds. The van der Waals surface area contributed by atoms with Gasteiger partial charge in [-0.1, -0.05) is 37.6 Å². The average molecular weight is 554 g/mol. The molecule has 3 aromatic carbocycles. The first-order valence-electron chi connectivity index (χ1n) is 12.5. The molecule has 0 aliphatic carbocycles. The van der Waals surface area contributed by atoms with E-state index in [2.05, 4.69) is 0 Å². The molecule has 0 spiro atoms. The second-order valence-corrected chi connectivity index (χ2v) is 9.96. The van der Waals surface area contributed by atoms with E-state index in [9.17, 15) is 14.7 Å². The zero-order chi connectivity index (χ0) is 28.3. The minimum absolute atomic E-state index is 0.0546. The third-order valence-corrected chi connectivity index (χ3v) is 7.00. The molecule has 9 heteroatoms. The van der Waals surface area contributed by atoms with Crippen molar-refractivity contribution in [3.63, 3.8) is 0 Å². The van der Waals surface area contributed by atoms with Crippen LogP contribution in [0.4, 0.5) is 5.69 Å². The highest BCUT2D eigenvalue weighted by molar-refractivity contribution is 6.30. The molecular formula is C30H32ClNO7. The maximum absolute atomic E-state index is 14.0. The fraction of sp³-hybridized carbons (Fsp3) is 0.333. The summed E-state index contributed by atoms with van der Waals surface area (Å²) in [5.41, 5.74) is 3.61. The second kappa shape index (κ2) is 12.0. The molecule has 39 heavy (non-hydrogen) atoms. The van der Waals surface area contributed by atoms with Crippen LogP contribution in [0.25, 0.3) is 0 Å². The first kappa shape index (κ1) is 28.3. The molecule has 1 N–H and O–H groups in total. The zero-order valence-corrected chi connectivity index (χ0v) is 23.3. The highest BCUT2D eigenvalue weighted by atomic mass is 35.5. The highest BCUT2D eigenvalue weighted by Crippen LogP contribution is 2.44. The van der Waals surface area contributed by atoms with E-state index in [0.717, 1.165) is 11.1 Å². The number of ether oxygens (including phenoxy) is 4. The Morgan fingerprint density at radius 1 is 1.00 bits per heavy atom. The molecule has 1 heterocycles. The summed E-state index contributed by atoms with van der Waals surface area (Å²) >= 11 is 6.48. The van der Waals surface area contributed by atoms with Gasteiger partial charge >= 0.3 is 5.97 Å². The van der Waals surface area contributed by atoms with Gasteiger partial charge in [-0.2, -0.15) is 0 Å². The SMILES string of the molecule is COc1ccc(CN2C(=O)C(CC(=O)O)OC(c3cccc(OC)c3C(C)C)c3cc(Cl)ccc32)c(OC)c1. The molecule has 2 atom stereocenters. The molecular weight excluding hydrogens is 522 g/mol. The minimum Gasteiger partial charge on any atom is -0.497 e. The molecule has 0 bridgehead atoms. The lowest BCUT2D eigenvalue weighted by Crippen LogP contribution is -2.40. The fourth-order valence-electron chi connectivity index (χ4n) is 5.01. The van der Waals surface area contributed by atoms with Gasteiger partial charge in [0.05, 0.1) is 40.0 Å². The fourth-order valence-corrected chi connectivity index (χ4v) is 5.19. The summed E-state index contributed by atoms with van der Waals surface area (Å²) in [6.07, 6.45) is -2.54. The lowest BCUT2D eigenvalue weighted by molar-refractivity contribution is -0.147. The van der Waals surface area contributed by atoms with Gasteiger partial charge in [0.2, 0.25) is 0 Å². The van der Waals surface area contributed by atoms with Gasteiger partial charge in [0.1, 0.15) is 29.5 Å². The van der Waals surface area contributed by atoms with Crippen LogP contribution in [0.5, 0.6) is 17.2 Å². The smallest absolute Gasteiger partial charge is 0.306 e. The molecule has 0 saturated heterocycles. The predicted molar refractivity (Wildman–Crippen MR) is 148 cm³/mol. The van der Waals surface area contributed by atoms with E-state index >= 15 is 0 Å². The van der Waals surface area contributed by atoms with Gasteiger partial charge in [0.15, 0.2) is 0 Å².